The van der Waals surface area contributed by atoms with Crippen molar-refractivity contribution in [2.24, 2.45) is 10.7 Å². The van der Waals surface area contributed by atoms with Gasteiger partial charge in [0.1, 0.15) is 18.4 Å². The lowest BCUT2D eigenvalue weighted by atomic mass is 10.1. The Hall–Kier alpha value is -1.71. The van der Waals surface area contributed by atoms with Crippen molar-refractivity contribution in [2.45, 2.75) is 37.8 Å². The fourth-order valence-electron chi connectivity index (χ4n) is 2.74. The van der Waals surface area contributed by atoms with E-state index in [1.54, 1.807) is 0 Å². The summed E-state index contributed by atoms with van der Waals surface area (Å²) in [5.74, 6) is 1.48. The van der Waals surface area contributed by atoms with Gasteiger partial charge < -0.3 is 15.8 Å². The average molecular weight is 245 g/mol. The number of ether oxygens (including phenoxy) is 1. The fraction of sp³-hybridized carbons (Fsp3) is 0.500. The zero-order chi connectivity index (χ0) is 12.4. The molecule has 0 spiro atoms. The van der Waals surface area contributed by atoms with E-state index in [1.165, 1.54) is 25.7 Å². The number of nitrogens with zero attached hydrogens (tertiary/aromatic N) is 1. The first kappa shape index (κ1) is 11.4. The lowest BCUT2D eigenvalue weighted by molar-refractivity contribution is 0.333. The Morgan fingerprint density at radius 2 is 2.06 bits per heavy atom. The van der Waals surface area contributed by atoms with E-state index in [0.29, 0.717) is 18.6 Å². The molecule has 2 aliphatic rings. The molecule has 1 aliphatic carbocycles. The van der Waals surface area contributed by atoms with Crippen molar-refractivity contribution in [1.82, 2.24) is 5.32 Å². The van der Waals surface area contributed by atoms with Gasteiger partial charge in [-0.15, -0.1) is 0 Å². The van der Waals surface area contributed by atoms with Crippen molar-refractivity contribution in [3.8, 4) is 5.75 Å². The highest BCUT2D eigenvalue weighted by atomic mass is 16.5. The number of benzene rings is 1. The minimum Gasteiger partial charge on any atom is -0.491 e. The van der Waals surface area contributed by atoms with Gasteiger partial charge in [0, 0.05) is 11.6 Å². The molecule has 0 aromatic heterocycles. The Labute approximate surface area is 107 Å². The van der Waals surface area contributed by atoms with Crippen molar-refractivity contribution >= 4 is 5.96 Å². The molecule has 1 unspecified atom stereocenters. The van der Waals surface area contributed by atoms with Crippen LogP contribution in [-0.4, -0.2) is 18.6 Å². The van der Waals surface area contributed by atoms with Crippen molar-refractivity contribution < 1.29 is 4.74 Å². The minimum absolute atomic E-state index is 0.0371. The zero-order valence-electron chi connectivity index (χ0n) is 10.4. The monoisotopic (exact) mass is 245 g/mol. The third kappa shape index (κ3) is 2.28. The highest BCUT2D eigenvalue weighted by Gasteiger charge is 2.23. The number of aliphatic imine (C=N–C) groups is 1. The van der Waals surface area contributed by atoms with Crippen LogP contribution < -0.4 is 15.8 Å². The van der Waals surface area contributed by atoms with Gasteiger partial charge in [0.15, 0.2) is 5.96 Å². The van der Waals surface area contributed by atoms with Crippen LogP contribution in [0.3, 0.4) is 0 Å². The summed E-state index contributed by atoms with van der Waals surface area (Å²) in [6.07, 6.45) is 4.99. The van der Waals surface area contributed by atoms with E-state index in [9.17, 15) is 0 Å². The molecule has 1 aliphatic heterocycles. The fourth-order valence-corrected chi connectivity index (χ4v) is 2.74. The SMILES string of the molecule is NC(=NC1COc2ccccc21)NC1CCCC1. The number of para-hydroxylation sites is 1. The van der Waals surface area contributed by atoms with Gasteiger partial charge in [-0.2, -0.15) is 0 Å². The molecule has 1 fully saturated rings. The summed E-state index contributed by atoms with van der Waals surface area (Å²) >= 11 is 0. The van der Waals surface area contributed by atoms with Gasteiger partial charge >= 0.3 is 0 Å². The number of hydrogen-bond donors (Lipinski definition) is 2. The second-order valence-corrected chi connectivity index (χ2v) is 5.00. The van der Waals surface area contributed by atoms with Crippen LogP contribution >= 0.6 is 0 Å². The van der Waals surface area contributed by atoms with Crippen LogP contribution in [0.1, 0.15) is 37.3 Å². The van der Waals surface area contributed by atoms with Crippen molar-refractivity contribution in [3.63, 3.8) is 0 Å². The maximum absolute atomic E-state index is 5.97. The van der Waals surface area contributed by atoms with Crippen LogP contribution in [0, 0.1) is 0 Å². The number of hydrogen-bond acceptors (Lipinski definition) is 2. The van der Waals surface area contributed by atoms with Gasteiger partial charge in [0.25, 0.3) is 0 Å². The largest absolute Gasteiger partial charge is 0.491 e. The molecule has 3 N–H and O–H groups in total. The van der Waals surface area contributed by atoms with Gasteiger partial charge in [0.2, 0.25) is 0 Å². The van der Waals surface area contributed by atoms with E-state index in [0.717, 1.165) is 11.3 Å². The normalized spacial score (nSPS) is 23.8. The molecule has 18 heavy (non-hydrogen) atoms. The molecule has 0 amide bonds. The smallest absolute Gasteiger partial charge is 0.189 e. The first-order valence-electron chi connectivity index (χ1n) is 6.64. The molecular formula is C14H19N3O. The van der Waals surface area contributed by atoms with Gasteiger partial charge in [0.05, 0.1) is 0 Å². The van der Waals surface area contributed by atoms with Gasteiger partial charge in [-0.05, 0) is 18.9 Å². The number of nitrogens with one attached hydrogen (secondary N) is 1. The van der Waals surface area contributed by atoms with Crippen molar-refractivity contribution in [3.05, 3.63) is 29.8 Å². The maximum Gasteiger partial charge on any atom is 0.189 e. The summed E-state index contributed by atoms with van der Waals surface area (Å²) in [6.45, 7) is 0.590. The van der Waals surface area contributed by atoms with E-state index >= 15 is 0 Å². The summed E-state index contributed by atoms with van der Waals surface area (Å²) in [7, 11) is 0. The predicted octanol–water partition coefficient (Wildman–Crippen LogP) is 1.97. The molecule has 96 valence electrons. The van der Waals surface area contributed by atoms with E-state index in [1.807, 2.05) is 18.2 Å². The van der Waals surface area contributed by atoms with Crippen LogP contribution in [0.2, 0.25) is 0 Å². The van der Waals surface area contributed by atoms with Crippen LogP contribution in [0.5, 0.6) is 5.75 Å². The number of fused-ring (bicyclic) bond motifs is 1. The summed E-state index contributed by atoms with van der Waals surface area (Å²) in [4.78, 5) is 4.54. The van der Waals surface area contributed by atoms with Crippen molar-refractivity contribution in [2.75, 3.05) is 6.61 Å². The Balaban J connectivity index is 1.68. The second kappa shape index (κ2) is 4.88. The summed E-state index contributed by atoms with van der Waals surface area (Å²) in [5.41, 5.74) is 7.11. The molecular weight excluding hydrogens is 226 g/mol. The van der Waals surface area contributed by atoms with E-state index in [4.69, 9.17) is 10.5 Å². The molecule has 3 rings (SSSR count). The number of rotatable bonds is 2. The Morgan fingerprint density at radius 1 is 1.28 bits per heavy atom. The molecule has 4 heteroatoms. The molecule has 1 aromatic carbocycles. The summed E-state index contributed by atoms with van der Waals surface area (Å²) < 4.78 is 5.59. The number of nitrogens with two attached hydrogens (primary N) is 1. The molecule has 0 saturated heterocycles. The molecule has 1 atom stereocenters. The van der Waals surface area contributed by atoms with Gasteiger partial charge in [-0.25, -0.2) is 4.99 Å². The molecule has 1 heterocycles. The topological polar surface area (TPSA) is 59.6 Å². The molecule has 0 radical (unpaired) electrons. The Kier molecular flexibility index (Phi) is 3.09. The van der Waals surface area contributed by atoms with Crippen LogP contribution in [-0.2, 0) is 0 Å². The van der Waals surface area contributed by atoms with Gasteiger partial charge in [-0.1, -0.05) is 31.0 Å². The van der Waals surface area contributed by atoms with Gasteiger partial charge in [-0.3, -0.25) is 0 Å². The van der Waals surface area contributed by atoms with Crippen LogP contribution in [0.4, 0.5) is 0 Å². The van der Waals surface area contributed by atoms with Crippen molar-refractivity contribution in [1.29, 1.82) is 0 Å². The lowest BCUT2D eigenvalue weighted by Crippen LogP contribution is -2.38. The van der Waals surface area contributed by atoms with E-state index in [2.05, 4.69) is 16.4 Å². The number of guanidine groups is 1. The highest BCUT2D eigenvalue weighted by molar-refractivity contribution is 5.78. The molecule has 0 bridgehead atoms. The first-order valence-corrected chi connectivity index (χ1v) is 6.64. The molecule has 4 nitrogen and oxygen atoms in total. The lowest BCUT2D eigenvalue weighted by Gasteiger charge is -2.13. The predicted molar refractivity (Wildman–Crippen MR) is 71.7 cm³/mol. The highest BCUT2D eigenvalue weighted by Crippen LogP contribution is 2.34. The standard InChI is InChI=1S/C14H19N3O/c15-14(16-10-5-1-2-6-10)17-12-9-18-13-8-4-3-7-11(12)13/h3-4,7-8,10,12H,1-2,5-6,9H2,(H3,15,16,17). The average Bonchev–Trinajstić information content (AvgIpc) is 3.00. The first-order chi connectivity index (χ1) is 8.83. The maximum atomic E-state index is 5.97. The molecule has 1 saturated carbocycles. The quantitative estimate of drug-likeness (QED) is 0.618. The second-order valence-electron chi connectivity index (χ2n) is 5.00. The third-order valence-electron chi connectivity index (χ3n) is 3.68. The summed E-state index contributed by atoms with van der Waals surface area (Å²) in [6, 6.07) is 8.56. The summed E-state index contributed by atoms with van der Waals surface area (Å²) in [5, 5.41) is 3.31. The van der Waals surface area contributed by atoms with E-state index in [-0.39, 0.29) is 6.04 Å². The zero-order valence-corrected chi connectivity index (χ0v) is 10.4. The van der Waals surface area contributed by atoms with Crippen LogP contribution in [0.15, 0.2) is 29.3 Å². The molecule has 1 aromatic rings. The van der Waals surface area contributed by atoms with Crippen LogP contribution in [0.25, 0.3) is 0 Å². The van der Waals surface area contributed by atoms with E-state index < -0.39 is 0 Å². The third-order valence-corrected chi connectivity index (χ3v) is 3.68. The Morgan fingerprint density at radius 3 is 2.89 bits per heavy atom. The minimum atomic E-state index is 0.0371. The Bertz CT molecular complexity index is 452.